The van der Waals surface area contributed by atoms with Gasteiger partial charge in [-0.25, -0.2) is 0 Å². The number of amides is 3. The molecule has 1 N–H and O–H groups in total. The van der Waals surface area contributed by atoms with E-state index in [1.54, 1.807) is 0 Å². The maximum Gasteiger partial charge on any atom is 0.253 e. The van der Waals surface area contributed by atoms with E-state index in [1.807, 2.05) is 6.92 Å². The maximum atomic E-state index is 11.4. The van der Waals surface area contributed by atoms with Gasteiger partial charge in [-0.05, 0) is 13.3 Å². The van der Waals surface area contributed by atoms with Crippen LogP contribution < -0.4 is 5.32 Å². The number of imide groups is 1. The van der Waals surface area contributed by atoms with Gasteiger partial charge in [-0.1, -0.05) is 0 Å². The van der Waals surface area contributed by atoms with Crippen LogP contribution in [0.3, 0.4) is 0 Å². The van der Waals surface area contributed by atoms with Gasteiger partial charge in [0.15, 0.2) is 0 Å². The van der Waals surface area contributed by atoms with Gasteiger partial charge in [-0.2, -0.15) is 0 Å². The third-order valence-corrected chi connectivity index (χ3v) is 2.46. The minimum atomic E-state index is -0.309. The summed E-state index contributed by atoms with van der Waals surface area (Å²) < 4.78 is 5.08. The standard InChI is InChI=1S/C12H18N2O4/c1-2-18-9-7-13-10(15)4-3-8-14-11(16)5-6-12(14)17/h5-6H,2-4,7-9H2,1H3,(H,13,15). The van der Waals surface area contributed by atoms with Crippen molar-refractivity contribution in [3.63, 3.8) is 0 Å². The Bertz CT molecular complexity index is 334. The minimum Gasteiger partial charge on any atom is -0.380 e. The molecule has 1 rings (SSSR count). The van der Waals surface area contributed by atoms with Gasteiger partial charge in [0.05, 0.1) is 6.61 Å². The average Bonchev–Trinajstić information content (AvgIpc) is 2.66. The molecule has 0 saturated heterocycles. The summed E-state index contributed by atoms with van der Waals surface area (Å²) in [5.41, 5.74) is 0. The van der Waals surface area contributed by atoms with Crippen LogP contribution in [0.5, 0.6) is 0 Å². The number of hydrogen-bond donors (Lipinski definition) is 1. The summed E-state index contributed by atoms with van der Waals surface area (Å²) >= 11 is 0. The first-order valence-corrected chi connectivity index (χ1v) is 6.03. The van der Waals surface area contributed by atoms with E-state index in [-0.39, 0.29) is 24.3 Å². The van der Waals surface area contributed by atoms with Crippen LogP contribution in [-0.4, -0.2) is 48.9 Å². The van der Waals surface area contributed by atoms with Gasteiger partial charge in [-0.15, -0.1) is 0 Å². The number of carbonyl (C=O) groups is 3. The molecule has 18 heavy (non-hydrogen) atoms. The second-order valence-electron chi connectivity index (χ2n) is 3.81. The molecule has 0 atom stereocenters. The lowest BCUT2D eigenvalue weighted by Crippen LogP contribution is -2.32. The molecule has 0 saturated carbocycles. The van der Waals surface area contributed by atoms with E-state index in [1.165, 1.54) is 12.2 Å². The zero-order valence-corrected chi connectivity index (χ0v) is 10.5. The molecule has 0 bridgehead atoms. The fourth-order valence-electron chi connectivity index (χ4n) is 1.54. The maximum absolute atomic E-state index is 11.4. The average molecular weight is 254 g/mol. The fourth-order valence-corrected chi connectivity index (χ4v) is 1.54. The fraction of sp³-hybridized carbons (Fsp3) is 0.583. The number of rotatable bonds is 8. The Morgan fingerprint density at radius 3 is 2.61 bits per heavy atom. The quantitative estimate of drug-likeness (QED) is 0.482. The highest BCUT2D eigenvalue weighted by molar-refractivity contribution is 6.12. The predicted octanol–water partition coefficient (Wildman–Crippen LogP) is -0.156. The highest BCUT2D eigenvalue weighted by Crippen LogP contribution is 2.05. The molecule has 0 aromatic carbocycles. The third-order valence-electron chi connectivity index (χ3n) is 2.46. The Hall–Kier alpha value is -1.69. The van der Waals surface area contributed by atoms with E-state index in [4.69, 9.17) is 4.74 Å². The molecule has 1 heterocycles. The Kier molecular flexibility index (Phi) is 6.07. The van der Waals surface area contributed by atoms with Gasteiger partial charge >= 0.3 is 0 Å². The molecule has 6 nitrogen and oxygen atoms in total. The van der Waals surface area contributed by atoms with Gasteiger partial charge in [0, 0.05) is 38.3 Å². The van der Waals surface area contributed by atoms with Crippen LogP contribution in [0.4, 0.5) is 0 Å². The van der Waals surface area contributed by atoms with Gasteiger partial charge < -0.3 is 10.1 Å². The van der Waals surface area contributed by atoms with Crippen molar-refractivity contribution in [2.24, 2.45) is 0 Å². The summed E-state index contributed by atoms with van der Waals surface area (Å²) in [6.07, 6.45) is 3.25. The first-order valence-electron chi connectivity index (χ1n) is 6.03. The minimum absolute atomic E-state index is 0.0956. The van der Waals surface area contributed by atoms with Crippen molar-refractivity contribution < 1.29 is 19.1 Å². The van der Waals surface area contributed by atoms with E-state index in [0.29, 0.717) is 32.6 Å². The summed E-state index contributed by atoms with van der Waals surface area (Å²) in [5.74, 6) is -0.713. The summed E-state index contributed by atoms with van der Waals surface area (Å²) in [6.45, 7) is 3.77. The highest BCUT2D eigenvalue weighted by Gasteiger charge is 2.22. The van der Waals surface area contributed by atoms with E-state index in [2.05, 4.69) is 5.32 Å². The van der Waals surface area contributed by atoms with Crippen LogP contribution in [0.15, 0.2) is 12.2 Å². The van der Waals surface area contributed by atoms with Crippen molar-refractivity contribution in [2.75, 3.05) is 26.3 Å². The van der Waals surface area contributed by atoms with E-state index >= 15 is 0 Å². The molecule has 0 fully saturated rings. The number of hydrogen-bond acceptors (Lipinski definition) is 4. The van der Waals surface area contributed by atoms with Crippen molar-refractivity contribution in [1.29, 1.82) is 0 Å². The molecule has 3 amide bonds. The van der Waals surface area contributed by atoms with Gasteiger partial charge in [0.1, 0.15) is 0 Å². The molecule has 6 heteroatoms. The lowest BCUT2D eigenvalue weighted by Gasteiger charge is -2.13. The Morgan fingerprint density at radius 2 is 2.00 bits per heavy atom. The SMILES string of the molecule is CCOCCNC(=O)CCCN1C(=O)C=CC1=O. The van der Waals surface area contributed by atoms with Gasteiger partial charge in [0.2, 0.25) is 5.91 Å². The smallest absolute Gasteiger partial charge is 0.253 e. The van der Waals surface area contributed by atoms with Crippen molar-refractivity contribution in [3.05, 3.63) is 12.2 Å². The first-order chi connectivity index (χ1) is 8.65. The Morgan fingerprint density at radius 1 is 1.33 bits per heavy atom. The number of nitrogens with one attached hydrogen (secondary N) is 1. The second kappa shape index (κ2) is 7.60. The molecular formula is C12H18N2O4. The van der Waals surface area contributed by atoms with E-state index in [9.17, 15) is 14.4 Å². The molecule has 0 unspecified atom stereocenters. The molecular weight excluding hydrogens is 236 g/mol. The van der Waals surface area contributed by atoms with Gasteiger partial charge in [0.25, 0.3) is 11.8 Å². The lowest BCUT2D eigenvalue weighted by molar-refractivity contribution is -0.137. The zero-order chi connectivity index (χ0) is 13.4. The van der Waals surface area contributed by atoms with Crippen molar-refractivity contribution in [3.8, 4) is 0 Å². The summed E-state index contributed by atoms with van der Waals surface area (Å²) in [4.78, 5) is 34.9. The first kappa shape index (κ1) is 14.4. The second-order valence-corrected chi connectivity index (χ2v) is 3.81. The normalized spacial score (nSPS) is 14.4. The van der Waals surface area contributed by atoms with Gasteiger partial charge in [-0.3, -0.25) is 19.3 Å². The molecule has 0 aliphatic carbocycles. The van der Waals surface area contributed by atoms with E-state index < -0.39 is 0 Å². The number of carbonyl (C=O) groups excluding carboxylic acids is 3. The van der Waals surface area contributed by atoms with E-state index in [0.717, 1.165) is 4.90 Å². The Balaban J connectivity index is 2.09. The summed E-state index contributed by atoms with van der Waals surface area (Å²) in [5, 5.41) is 2.70. The monoisotopic (exact) mass is 254 g/mol. The van der Waals surface area contributed by atoms with Crippen molar-refractivity contribution >= 4 is 17.7 Å². The topological polar surface area (TPSA) is 75.7 Å². The molecule has 0 aromatic heterocycles. The molecule has 1 aliphatic heterocycles. The largest absolute Gasteiger partial charge is 0.380 e. The lowest BCUT2D eigenvalue weighted by atomic mass is 10.3. The van der Waals surface area contributed by atoms with Crippen LogP contribution in [-0.2, 0) is 19.1 Å². The van der Waals surface area contributed by atoms with Crippen LogP contribution in [0.1, 0.15) is 19.8 Å². The molecule has 0 radical (unpaired) electrons. The molecule has 100 valence electrons. The van der Waals surface area contributed by atoms with Crippen LogP contribution >= 0.6 is 0 Å². The molecule has 1 aliphatic rings. The summed E-state index contributed by atoms with van der Waals surface area (Å²) in [6, 6.07) is 0. The Labute approximate surface area is 106 Å². The van der Waals surface area contributed by atoms with Crippen LogP contribution in [0.25, 0.3) is 0 Å². The van der Waals surface area contributed by atoms with Crippen molar-refractivity contribution in [1.82, 2.24) is 10.2 Å². The summed E-state index contributed by atoms with van der Waals surface area (Å²) in [7, 11) is 0. The van der Waals surface area contributed by atoms with Crippen molar-refractivity contribution in [2.45, 2.75) is 19.8 Å². The van der Waals surface area contributed by atoms with Crippen LogP contribution in [0, 0.1) is 0 Å². The molecule has 0 spiro atoms. The third kappa shape index (κ3) is 4.67. The predicted molar refractivity (Wildman–Crippen MR) is 64.6 cm³/mol. The highest BCUT2D eigenvalue weighted by atomic mass is 16.5. The molecule has 0 aromatic rings. The number of ether oxygens (including phenoxy) is 1. The van der Waals surface area contributed by atoms with Crippen LogP contribution in [0.2, 0.25) is 0 Å². The number of nitrogens with zero attached hydrogens (tertiary/aromatic N) is 1. The zero-order valence-electron chi connectivity index (χ0n) is 10.5.